The van der Waals surface area contributed by atoms with E-state index in [9.17, 15) is 9.59 Å². The second-order valence-corrected chi connectivity index (χ2v) is 8.53. The molecule has 3 heterocycles. The van der Waals surface area contributed by atoms with Crippen molar-refractivity contribution in [2.45, 2.75) is 38.4 Å². The van der Waals surface area contributed by atoms with Crippen LogP contribution in [0.15, 0.2) is 47.1 Å². The van der Waals surface area contributed by atoms with Crippen molar-refractivity contribution in [3.63, 3.8) is 0 Å². The second kappa shape index (κ2) is 8.62. The van der Waals surface area contributed by atoms with Gasteiger partial charge >= 0.3 is 0 Å². The van der Waals surface area contributed by atoms with Gasteiger partial charge in [0, 0.05) is 38.1 Å². The van der Waals surface area contributed by atoms with Crippen molar-refractivity contribution in [1.29, 1.82) is 0 Å². The summed E-state index contributed by atoms with van der Waals surface area (Å²) in [6.07, 6.45) is 1.97. The highest BCUT2D eigenvalue weighted by Crippen LogP contribution is 2.25. The number of fused-ring (bicyclic) bond motifs is 1. The lowest BCUT2D eigenvalue weighted by Crippen LogP contribution is -2.58. The Labute approximate surface area is 177 Å². The predicted molar refractivity (Wildman–Crippen MR) is 112 cm³/mol. The number of carbonyl (C=O) groups is 2. The van der Waals surface area contributed by atoms with Crippen molar-refractivity contribution >= 4 is 11.8 Å². The molecule has 0 bridgehead atoms. The third kappa shape index (κ3) is 4.27. The summed E-state index contributed by atoms with van der Waals surface area (Å²) in [5.74, 6) is -0.145. The van der Waals surface area contributed by atoms with E-state index < -0.39 is 6.04 Å². The molecule has 0 radical (unpaired) electrons. The van der Waals surface area contributed by atoms with Crippen LogP contribution in [-0.4, -0.2) is 66.0 Å². The molecule has 7 nitrogen and oxygen atoms in total. The van der Waals surface area contributed by atoms with Crippen LogP contribution in [0.25, 0.3) is 0 Å². The average Bonchev–Trinajstić information content (AvgIpc) is 3.32. The van der Waals surface area contributed by atoms with Gasteiger partial charge in [0.05, 0.1) is 19.5 Å². The van der Waals surface area contributed by atoms with E-state index in [-0.39, 0.29) is 23.1 Å². The summed E-state index contributed by atoms with van der Waals surface area (Å²) < 4.78 is 10.8. The first-order valence-electron chi connectivity index (χ1n) is 10.5. The number of hydrogen-bond acceptors (Lipinski definition) is 5. The Morgan fingerprint density at radius 1 is 1.10 bits per heavy atom. The molecule has 7 heteroatoms. The minimum Gasteiger partial charge on any atom is -0.459 e. The quantitative estimate of drug-likeness (QED) is 0.815. The highest BCUT2D eigenvalue weighted by Gasteiger charge is 2.37. The number of hydrogen-bond donors (Lipinski definition) is 1. The number of carbonyl (C=O) groups excluding carboxylic acids is 2. The molecule has 2 aliphatic rings. The number of amides is 2. The summed E-state index contributed by atoms with van der Waals surface area (Å²) in [5.41, 5.74) is 1.98. The normalized spacial score (nSPS) is 19.9. The van der Waals surface area contributed by atoms with E-state index >= 15 is 0 Å². The van der Waals surface area contributed by atoms with Crippen molar-refractivity contribution in [3.05, 3.63) is 59.5 Å². The van der Waals surface area contributed by atoms with Gasteiger partial charge in [0.15, 0.2) is 5.76 Å². The monoisotopic (exact) mass is 411 g/mol. The molecule has 30 heavy (non-hydrogen) atoms. The summed E-state index contributed by atoms with van der Waals surface area (Å²) in [6.45, 7) is 8.27. The molecule has 2 aliphatic heterocycles. The maximum Gasteiger partial charge on any atom is 0.290 e. The fraction of sp³-hybridized carbons (Fsp3) is 0.478. The van der Waals surface area contributed by atoms with Gasteiger partial charge in [-0.25, -0.2) is 0 Å². The van der Waals surface area contributed by atoms with Crippen LogP contribution in [0, 0.1) is 0 Å². The fourth-order valence-corrected chi connectivity index (χ4v) is 4.21. The van der Waals surface area contributed by atoms with Gasteiger partial charge in [0.1, 0.15) is 6.04 Å². The Morgan fingerprint density at radius 2 is 1.83 bits per heavy atom. The standard InChI is InChI=1S/C23H29N3O4/c1-23(2,25-9-12-29-13-10-25)16-24-21(27)19-14-17-6-3-4-7-18(17)15-26(19)22(28)20-8-5-11-30-20/h3-8,11,19H,9-10,12-16H2,1-2H3,(H,24,27). The largest absolute Gasteiger partial charge is 0.459 e. The molecule has 1 aromatic carbocycles. The van der Waals surface area contributed by atoms with E-state index in [4.69, 9.17) is 9.15 Å². The van der Waals surface area contributed by atoms with Gasteiger partial charge in [-0.1, -0.05) is 24.3 Å². The zero-order valence-electron chi connectivity index (χ0n) is 17.6. The van der Waals surface area contributed by atoms with Crippen LogP contribution in [0.5, 0.6) is 0 Å². The van der Waals surface area contributed by atoms with Gasteiger partial charge in [0.25, 0.3) is 5.91 Å². The molecule has 1 atom stereocenters. The van der Waals surface area contributed by atoms with E-state index in [2.05, 4.69) is 24.1 Å². The maximum atomic E-state index is 13.2. The second-order valence-electron chi connectivity index (χ2n) is 8.53. The zero-order chi connectivity index (χ0) is 21.1. The van der Waals surface area contributed by atoms with E-state index in [1.54, 1.807) is 17.0 Å². The number of morpholine rings is 1. The minimum absolute atomic E-state index is 0.134. The molecule has 2 amide bonds. The minimum atomic E-state index is -0.571. The van der Waals surface area contributed by atoms with Crippen LogP contribution >= 0.6 is 0 Å². The van der Waals surface area contributed by atoms with E-state index in [0.29, 0.717) is 32.7 Å². The topological polar surface area (TPSA) is 75.0 Å². The highest BCUT2D eigenvalue weighted by atomic mass is 16.5. The Morgan fingerprint density at radius 3 is 2.53 bits per heavy atom. The molecule has 0 saturated carbocycles. The number of nitrogens with zero attached hydrogens (tertiary/aromatic N) is 2. The lowest BCUT2D eigenvalue weighted by molar-refractivity contribution is -0.127. The van der Waals surface area contributed by atoms with E-state index in [0.717, 1.165) is 24.2 Å². The van der Waals surface area contributed by atoms with Crippen LogP contribution in [0.3, 0.4) is 0 Å². The van der Waals surface area contributed by atoms with Gasteiger partial charge in [-0.3, -0.25) is 14.5 Å². The maximum absolute atomic E-state index is 13.2. The first-order valence-corrected chi connectivity index (χ1v) is 10.5. The number of furan rings is 1. The predicted octanol–water partition coefficient (Wildman–Crippen LogP) is 2.07. The van der Waals surface area contributed by atoms with Crippen LogP contribution in [0.1, 0.15) is 35.5 Å². The molecular weight excluding hydrogens is 382 g/mol. The molecule has 160 valence electrons. The molecule has 0 aliphatic carbocycles. The highest BCUT2D eigenvalue weighted by molar-refractivity contribution is 5.96. The molecular formula is C23H29N3O4. The van der Waals surface area contributed by atoms with Crippen LogP contribution in [-0.2, 0) is 22.5 Å². The van der Waals surface area contributed by atoms with E-state index in [1.165, 1.54) is 6.26 Å². The SMILES string of the molecule is CC(C)(CNC(=O)C1Cc2ccccc2CN1C(=O)c1ccco1)N1CCOCC1. The third-order valence-corrected chi connectivity index (χ3v) is 6.11. The molecule has 4 rings (SSSR count). The van der Waals surface area contributed by atoms with Crippen LogP contribution < -0.4 is 5.32 Å². The summed E-state index contributed by atoms with van der Waals surface area (Å²) in [7, 11) is 0. The van der Waals surface area contributed by atoms with Gasteiger partial charge in [-0.05, 0) is 37.1 Å². The van der Waals surface area contributed by atoms with Gasteiger partial charge in [0.2, 0.25) is 5.91 Å². The average molecular weight is 412 g/mol. The number of nitrogens with one attached hydrogen (secondary N) is 1. The van der Waals surface area contributed by atoms with Crippen molar-refractivity contribution < 1.29 is 18.7 Å². The first kappa shape index (κ1) is 20.6. The summed E-state index contributed by atoms with van der Waals surface area (Å²) in [4.78, 5) is 30.3. The summed E-state index contributed by atoms with van der Waals surface area (Å²) >= 11 is 0. The molecule has 2 aromatic rings. The fourth-order valence-electron chi connectivity index (χ4n) is 4.21. The van der Waals surface area contributed by atoms with Gasteiger partial charge in [-0.2, -0.15) is 0 Å². The molecule has 1 aromatic heterocycles. The molecule has 1 unspecified atom stereocenters. The Bertz CT molecular complexity index is 888. The third-order valence-electron chi connectivity index (χ3n) is 6.11. The van der Waals surface area contributed by atoms with Gasteiger partial charge < -0.3 is 19.4 Å². The van der Waals surface area contributed by atoms with Crippen LogP contribution in [0.2, 0.25) is 0 Å². The molecule has 1 saturated heterocycles. The molecule has 1 fully saturated rings. The van der Waals surface area contributed by atoms with Gasteiger partial charge in [-0.15, -0.1) is 0 Å². The first-order chi connectivity index (χ1) is 14.5. The number of rotatable bonds is 5. The van der Waals surface area contributed by atoms with Crippen molar-refractivity contribution in [2.24, 2.45) is 0 Å². The molecule has 1 N–H and O–H groups in total. The Hall–Kier alpha value is -2.64. The summed E-state index contributed by atoms with van der Waals surface area (Å²) in [6, 6.07) is 10.7. The van der Waals surface area contributed by atoms with E-state index in [1.807, 2.05) is 24.3 Å². The number of ether oxygens (including phenoxy) is 1. The Balaban J connectivity index is 1.50. The summed E-state index contributed by atoms with van der Waals surface area (Å²) in [5, 5.41) is 3.10. The lowest BCUT2D eigenvalue weighted by atomic mass is 9.93. The smallest absolute Gasteiger partial charge is 0.290 e. The lowest BCUT2D eigenvalue weighted by Gasteiger charge is -2.41. The zero-order valence-corrected chi connectivity index (χ0v) is 17.6. The van der Waals surface area contributed by atoms with Crippen LogP contribution in [0.4, 0.5) is 0 Å². The molecule has 0 spiro atoms. The number of benzene rings is 1. The van der Waals surface area contributed by atoms with Crippen molar-refractivity contribution in [2.75, 3.05) is 32.8 Å². The van der Waals surface area contributed by atoms with Crippen molar-refractivity contribution in [1.82, 2.24) is 15.1 Å². The van der Waals surface area contributed by atoms with Crippen molar-refractivity contribution in [3.8, 4) is 0 Å². The Kier molecular flexibility index (Phi) is 5.92.